The summed E-state index contributed by atoms with van der Waals surface area (Å²) in [7, 11) is 0. The number of carbonyl (C=O) groups excluding carboxylic acids is 2. The van der Waals surface area contributed by atoms with E-state index < -0.39 is 0 Å². The second-order valence-electron chi connectivity index (χ2n) is 8.22. The number of ketones is 1. The third kappa shape index (κ3) is 8.30. The summed E-state index contributed by atoms with van der Waals surface area (Å²) in [5.41, 5.74) is 0. The van der Waals surface area contributed by atoms with E-state index in [1.54, 1.807) is 4.90 Å². The van der Waals surface area contributed by atoms with Gasteiger partial charge < -0.3 is 4.90 Å². The molecule has 1 fully saturated rings. The van der Waals surface area contributed by atoms with Crippen molar-refractivity contribution in [2.24, 2.45) is 17.8 Å². The van der Waals surface area contributed by atoms with Crippen LogP contribution in [0.4, 0.5) is 0 Å². The van der Waals surface area contributed by atoms with Crippen LogP contribution in [0.3, 0.4) is 0 Å². The number of carbonyl (C=O) groups is 2. The zero-order valence-electron chi connectivity index (χ0n) is 16.5. The van der Waals surface area contributed by atoms with Gasteiger partial charge in [-0.25, -0.2) is 0 Å². The van der Waals surface area contributed by atoms with Gasteiger partial charge >= 0.3 is 0 Å². The van der Waals surface area contributed by atoms with Gasteiger partial charge in [0.1, 0.15) is 0 Å². The minimum absolute atomic E-state index is 0.186. The fourth-order valence-electron chi connectivity index (χ4n) is 3.59. The summed E-state index contributed by atoms with van der Waals surface area (Å²) in [4.78, 5) is 25.5. The molecule has 1 rings (SSSR count). The fourth-order valence-corrected chi connectivity index (χ4v) is 3.59. The zero-order chi connectivity index (χ0) is 17.9. The number of hydrogen-bond donors (Lipinski definition) is 0. The second kappa shape index (κ2) is 11.7. The lowest BCUT2D eigenvalue weighted by Gasteiger charge is -2.24. The molecule has 0 aromatic heterocycles. The lowest BCUT2D eigenvalue weighted by atomic mass is 9.92. The number of amides is 1. The van der Waals surface area contributed by atoms with Gasteiger partial charge in [-0.05, 0) is 37.0 Å². The summed E-state index contributed by atoms with van der Waals surface area (Å²) < 4.78 is 0. The highest BCUT2D eigenvalue weighted by Crippen LogP contribution is 2.21. The molecule has 3 unspecified atom stereocenters. The van der Waals surface area contributed by atoms with Gasteiger partial charge in [0.25, 0.3) is 5.91 Å². The molecule has 140 valence electrons. The van der Waals surface area contributed by atoms with Crippen LogP contribution < -0.4 is 0 Å². The molecule has 0 bridgehead atoms. The van der Waals surface area contributed by atoms with Gasteiger partial charge in [0.15, 0.2) is 0 Å². The highest BCUT2D eigenvalue weighted by molar-refractivity contribution is 6.36. The predicted molar refractivity (Wildman–Crippen MR) is 101 cm³/mol. The summed E-state index contributed by atoms with van der Waals surface area (Å²) in [5, 5.41) is 0. The minimum atomic E-state index is -0.238. The Kier molecular flexibility index (Phi) is 10.3. The maximum absolute atomic E-state index is 12.0. The predicted octanol–water partition coefficient (Wildman–Crippen LogP) is 5.23. The lowest BCUT2D eigenvalue weighted by molar-refractivity contribution is -0.144. The van der Waals surface area contributed by atoms with Crippen molar-refractivity contribution in [3.63, 3.8) is 0 Å². The first-order chi connectivity index (χ1) is 11.4. The Hall–Kier alpha value is -0.860. The van der Waals surface area contributed by atoms with E-state index in [4.69, 9.17) is 0 Å². The molecule has 3 atom stereocenters. The molecular formula is C21H39NO2. The van der Waals surface area contributed by atoms with E-state index in [2.05, 4.69) is 27.7 Å². The summed E-state index contributed by atoms with van der Waals surface area (Å²) >= 11 is 0. The first-order valence-corrected chi connectivity index (χ1v) is 10.3. The summed E-state index contributed by atoms with van der Waals surface area (Å²) in [6.07, 6.45) is 11.3. The molecule has 3 nitrogen and oxygen atoms in total. The monoisotopic (exact) mass is 337 g/mol. The van der Waals surface area contributed by atoms with Crippen molar-refractivity contribution >= 4 is 11.7 Å². The molecular weight excluding hydrogens is 298 g/mol. The van der Waals surface area contributed by atoms with Crippen molar-refractivity contribution in [1.82, 2.24) is 4.90 Å². The van der Waals surface area contributed by atoms with Crippen molar-refractivity contribution in [2.45, 2.75) is 91.9 Å². The Morgan fingerprint density at radius 2 is 1.46 bits per heavy atom. The Bertz CT molecular complexity index is 380. The van der Waals surface area contributed by atoms with Gasteiger partial charge in [0.05, 0.1) is 0 Å². The topological polar surface area (TPSA) is 37.4 Å². The molecule has 1 aliphatic heterocycles. The highest BCUT2D eigenvalue weighted by Gasteiger charge is 2.25. The summed E-state index contributed by atoms with van der Waals surface area (Å²) in [6, 6.07) is 0. The highest BCUT2D eigenvalue weighted by atomic mass is 16.2. The molecule has 1 aliphatic rings. The van der Waals surface area contributed by atoms with Gasteiger partial charge in [-0.2, -0.15) is 0 Å². The minimum Gasteiger partial charge on any atom is -0.336 e. The maximum atomic E-state index is 12.0. The van der Waals surface area contributed by atoms with Crippen molar-refractivity contribution in [2.75, 3.05) is 13.1 Å². The van der Waals surface area contributed by atoms with Crippen LogP contribution in [0.2, 0.25) is 0 Å². The molecule has 0 aromatic rings. The van der Waals surface area contributed by atoms with Gasteiger partial charge in [-0.15, -0.1) is 0 Å². The first-order valence-electron chi connectivity index (χ1n) is 10.3. The van der Waals surface area contributed by atoms with E-state index in [9.17, 15) is 9.59 Å². The van der Waals surface area contributed by atoms with Crippen molar-refractivity contribution in [3.8, 4) is 0 Å². The third-order valence-corrected chi connectivity index (χ3v) is 5.62. The normalized spacial score (nSPS) is 19.9. The number of hydrogen-bond acceptors (Lipinski definition) is 2. The SMILES string of the molecule is CCC(C)CCCC(C)CCCC(C)CN1CCCCC(=O)C1=O. The molecule has 1 heterocycles. The van der Waals surface area contributed by atoms with E-state index in [0.717, 1.165) is 44.2 Å². The summed E-state index contributed by atoms with van der Waals surface area (Å²) in [5.74, 6) is 1.74. The molecule has 0 N–H and O–H groups in total. The molecule has 0 spiro atoms. The van der Waals surface area contributed by atoms with Crippen LogP contribution in [0.15, 0.2) is 0 Å². The first kappa shape index (κ1) is 21.2. The fraction of sp³-hybridized carbons (Fsp3) is 0.905. The van der Waals surface area contributed by atoms with Crippen LogP contribution in [-0.2, 0) is 9.59 Å². The van der Waals surface area contributed by atoms with E-state index in [0.29, 0.717) is 12.3 Å². The number of likely N-dealkylation sites (tertiary alicyclic amines) is 1. The van der Waals surface area contributed by atoms with Crippen LogP contribution in [0.1, 0.15) is 91.9 Å². The van der Waals surface area contributed by atoms with Crippen LogP contribution in [-0.4, -0.2) is 29.7 Å². The average Bonchev–Trinajstić information content (AvgIpc) is 2.70. The smallest absolute Gasteiger partial charge is 0.289 e. The summed E-state index contributed by atoms with van der Waals surface area (Å²) in [6.45, 7) is 10.7. The van der Waals surface area contributed by atoms with Gasteiger partial charge in [-0.3, -0.25) is 9.59 Å². The quantitative estimate of drug-likeness (QED) is 0.484. The van der Waals surface area contributed by atoms with Crippen LogP contribution in [0.25, 0.3) is 0 Å². The van der Waals surface area contributed by atoms with E-state index in [1.165, 1.54) is 38.5 Å². The van der Waals surface area contributed by atoms with Crippen LogP contribution >= 0.6 is 0 Å². The van der Waals surface area contributed by atoms with Crippen molar-refractivity contribution in [3.05, 3.63) is 0 Å². The van der Waals surface area contributed by atoms with Gasteiger partial charge in [0.2, 0.25) is 5.78 Å². The second-order valence-corrected chi connectivity index (χ2v) is 8.22. The number of nitrogens with zero attached hydrogens (tertiary/aromatic N) is 1. The van der Waals surface area contributed by atoms with Crippen molar-refractivity contribution in [1.29, 1.82) is 0 Å². The molecule has 0 aliphatic carbocycles. The Morgan fingerprint density at radius 1 is 0.875 bits per heavy atom. The van der Waals surface area contributed by atoms with E-state index >= 15 is 0 Å². The van der Waals surface area contributed by atoms with Crippen LogP contribution in [0.5, 0.6) is 0 Å². The Balaban J connectivity index is 2.17. The van der Waals surface area contributed by atoms with Crippen LogP contribution in [0, 0.1) is 17.8 Å². The molecule has 0 saturated carbocycles. The Morgan fingerprint density at radius 3 is 2.08 bits per heavy atom. The molecule has 24 heavy (non-hydrogen) atoms. The lowest BCUT2D eigenvalue weighted by Crippen LogP contribution is -2.38. The van der Waals surface area contributed by atoms with E-state index in [1.807, 2.05) is 0 Å². The molecule has 1 amide bonds. The number of Topliss-reactive ketones (excluding diaryl/α,β-unsaturated/α-hetero) is 1. The van der Waals surface area contributed by atoms with Crippen molar-refractivity contribution < 1.29 is 9.59 Å². The zero-order valence-corrected chi connectivity index (χ0v) is 16.5. The maximum Gasteiger partial charge on any atom is 0.289 e. The molecule has 3 heteroatoms. The van der Waals surface area contributed by atoms with Gasteiger partial charge in [0, 0.05) is 19.5 Å². The molecule has 0 aromatic carbocycles. The molecule has 1 saturated heterocycles. The van der Waals surface area contributed by atoms with Gasteiger partial charge in [-0.1, -0.05) is 66.2 Å². The van der Waals surface area contributed by atoms with E-state index in [-0.39, 0.29) is 11.7 Å². The average molecular weight is 338 g/mol. The Labute approximate surface area is 149 Å². The number of rotatable bonds is 11. The standard InChI is InChI=1S/C21H39NO2/c1-5-17(2)10-8-11-18(3)12-9-13-19(4)16-22-15-7-6-14-20(23)21(22)24/h17-19H,5-16H2,1-4H3. The third-order valence-electron chi connectivity index (χ3n) is 5.62. The molecule has 0 radical (unpaired) electrons. The largest absolute Gasteiger partial charge is 0.336 e.